The van der Waals surface area contributed by atoms with Crippen LogP contribution in [0.4, 0.5) is 4.79 Å². The van der Waals surface area contributed by atoms with Crippen molar-refractivity contribution in [1.82, 2.24) is 15.1 Å². The molecule has 0 bridgehead atoms. The molecule has 2 saturated heterocycles. The van der Waals surface area contributed by atoms with Crippen LogP contribution in [0, 0.1) is 5.41 Å². The molecule has 2 aliphatic rings. The van der Waals surface area contributed by atoms with E-state index in [1.54, 1.807) is 19.0 Å². The number of nitrogens with zero attached hydrogens (tertiary/aromatic N) is 2. The summed E-state index contributed by atoms with van der Waals surface area (Å²) < 4.78 is 6.00. The summed E-state index contributed by atoms with van der Waals surface area (Å²) in [5, 5.41) is 5.16. The van der Waals surface area contributed by atoms with Gasteiger partial charge in [0.2, 0.25) is 0 Å². The van der Waals surface area contributed by atoms with Gasteiger partial charge in [0.05, 0.1) is 6.10 Å². The Kier molecular flexibility index (Phi) is 5.24. The van der Waals surface area contributed by atoms with E-state index in [4.69, 9.17) is 4.74 Å². The zero-order valence-electron chi connectivity index (χ0n) is 14.1. The molecule has 2 fully saturated rings. The summed E-state index contributed by atoms with van der Waals surface area (Å²) in [5.74, 6) is 0. The molecule has 0 saturated carbocycles. The number of thiophene rings is 1. The average molecular weight is 337 g/mol. The molecule has 2 atom stereocenters. The van der Waals surface area contributed by atoms with Gasteiger partial charge in [-0.05, 0) is 30.7 Å². The molecule has 0 aliphatic carbocycles. The van der Waals surface area contributed by atoms with Gasteiger partial charge >= 0.3 is 6.03 Å². The number of fused-ring (bicyclic) bond motifs is 1. The molecular formula is C17H27N3O2S. The molecule has 128 valence electrons. The fourth-order valence-electron chi connectivity index (χ4n) is 3.84. The summed E-state index contributed by atoms with van der Waals surface area (Å²) in [7, 11) is 3.55. The van der Waals surface area contributed by atoms with Crippen LogP contribution in [-0.2, 0) is 11.3 Å². The first kappa shape index (κ1) is 16.7. The van der Waals surface area contributed by atoms with E-state index in [0.717, 1.165) is 52.0 Å². The van der Waals surface area contributed by atoms with E-state index < -0.39 is 0 Å². The largest absolute Gasteiger partial charge is 0.378 e. The third-order valence-corrected chi connectivity index (χ3v) is 5.97. The van der Waals surface area contributed by atoms with Crippen LogP contribution in [-0.4, -0.2) is 62.3 Å². The Morgan fingerprint density at radius 1 is 1.57 bits per heavy atom. The van der Waals surface area contributed by atoms with Crippen molar-refractivity contribution in [3.05, 3.63) is 22.4 Å². The van der Waals surface area contributed by atoms with E-state index in [1.807, 2.05) is 11.3 Å². The fourth-order valence-corrected chi connectivity index (χ4v) is 4.58. The predicted molar refractivity (Wildman–Crippen MR) is 92.7 cm³/mol. The summed E-state index contributed by atoms with van der Waals surface area (Å²) in [5.41, 5.74) is 0.203. The van der Waals surface area contributed by atoms with Crippen LogP contribution < -0.4 is 5.32 Å². The predicted octanol–water partition coefficient (Wildman–Crippen LogP) is 2.39. The number of carbonyl (C=O) groups is 1. The molecule has 0 spiro atoms. The Labute approximate surface area is 142 Å². The Morgan fingerprint density at radius 2 is 2.43 bits per heavy atom. The molecular weight excluding hydrogens is 310 g/mol. The SMILES string of the molecule is CN(C)C(=O)NCC[C@]12CCO[C@H]1CCN(Cc1cccs1)C2. The van der Waals surface area contributed by atoms with Crippen LogP contribution in [0.1, 0.15) is 24.1 Å². The van der Waals surface area contributed by atoms with Crippen LogP contribution in [0.25, 0.3) is 0 Å². The number of nitrogens with one attached hydrogen (secondary N) is 1. The first-order valence-electron chi connectivity index (χ1n) is 8.41. The number of hydrogen-bond donors (Lipinski definition) is 1. The van der Waals surface area contributed by atoms with Crippen molar-refractivity contribution in [1.29, 1.82) is 0 Å². The summed E-state index contributed by atoms with van der Waals surface area (Å²) in [4.78, 5) is 17.3. The molecule has 3 heterocycles. The zero-order valence-corrected chi connectivity index (χ0v) is 14.9. The summed E-state index contributed by atoms with van der Waals surface area (Å²) in [6, 6.07) is 4.33. The molecule has 0 unspecified atom stereocenters. The molecule has 1 N–H and O–H groups in total. The second kappa shape index (κ2) is 7.20. The Hall–Kier alpha value is -1.11. The van der Waals surface area contributed by atoms with Crippen LogP contribution in [0.3, 0.4) is 0 Å². The van der Waals surface area contributed by atoms with Crippen molar-refractivity contribution >= 4 is 17.4 Å². The van der Waals surface area contributed by atoms with Gasteiger partial charge in [-0.3, -0.25) is 4.90 Å². The lowest BCUT2D eigenvalue weighted by molar-refractivity contribution is -0.0237. The zero-order chi connectivity index (χ0) is 16.3. The van der Waals surface area contributed by atoms with Gasteiger partial charge in [-0.15, -0.1) is 11.3 Å². The Balaban J connectivity index is 1.58. The highest BCUT2D eigenvalue weighted by Gasteiger charge is 2.47. The number of carbonyl (C=O) groups excluding carboxylic acids is 1. The third kappa shape index (κ3) is 3.87. The molecule has 23 heavy (non-hydrogen) atoms. The summed E-state index contributed by atoms with van der Waals surface area (Å²) >= 11 is 1.83. The molecule has 5 nitrogen and oxygen atoms in total. The monoisotopic (exact) mass is 337 g/mol. The van der Waals surface area contributed by atoms with Gasteiger partial charge in [-0.25, -0.2) is 4.79 Å². The van der Waals surface area contributed by atoms with Crippen molar-refractivity contribution < 1.29 is 9.53 Å². The number of urea groups is 1. The second-order valence-corrected chi connectivity index (χ2v) is 7.96. The molecule has 2 aliphatic heterocycles. The van der Waals surface area contributed by atoms with E-state index in [0.29, 0.717) is 6.10 Å². The second-order valence-electron chi connectivity index (χ2n) is 6.93. The topological polar surface area (TPSA) is 44.8 Å². The van der Waals surface area contributed by atoms with Gasteiger partial charge in [0.1, 0.15) is 0 Å². The van der Waals surface area contributed by atoms with Gasteiger partial charge in [0.25, 0.3) is 0 Å². The number of amides is 2. The van der Waals surface area contributed by atoms with Crippen molar-refractivity contribution in [2.45, 2.75) is 31.9 Å². The quantitative estimate of drug-likeness (QED) is 0.897. The number of likely N-dealkylation sites (tertiary alicyclic amines) is 1. The number of rotatable bonds is 5. The van der Waals surface area contributed by atoms with Crippen molar-refractivity contribution in [3.8, 4) is 0 Å². The lowest BCUT2D eigenvalue weighted by Gasteiger charge is -2.44. The highest BCUT2D eigenvalue weighted by Crippen LogP contribution is 2.43. The number of ether oxygens (including phenoxy) is 1. The minimum Gasteiger partial charge on any atom is -0.378 e. The van der Waals surface area contributed by atoms with Crippen LogP contribution in [0.5, 0.6) is 0 Å². The van der Waals surface area contributed by atoms with Crippen LogP contribution in [0.15, 0.2) is 17.5 Å². The maximum Gasteiger partial charge on any atom is 0.316 e. The minimum atomic E-state index is -0.0110. The molecule has 1 aromatic rings. The van der Waals surface area contributed by atoms with E-state index in [1.165, 1.54) is 4.88 Å². The molecule has 2 amide bonds. The van der Waals surface area contributed by atoms with E-state index >= 15 is 0 Å². The highest BCUT2D eigenvalue weighted by molar-refractivity contribution is 7.09. The van der Waals surface area contributed by atoms with Gasteiger partial charge < -0.3 is 15.0 Å². The fraction of sp³-hybridized carbons (Fsp3) is 0.706. The van der Waals surface area contributed by atoms with Crippen LogP contribution in [0.2, 0.25) is 0 Å². The lowest BCUT2D eigenvalue weighted by atomic mass is 9.74. The molecule has 3 rings (SSSR count). The standard InChI is InChI=1S/C17H27N3O2S/c1-19(2)16(21)18-8-6-17-7-10-22-15(17)5-9-20(13-17)12-14-4-3-11-23-14/h3-4,11,15H,5-10,12-13H2,1-2H3,(H,18,21)/t15-,17+/m0/s1. The average Bonchev–Trinajstić information content (AvgIpc) is 3.16. The van der Waals surface area contributed by atoms with Crippen molar-refractivity contribution in [2.75, 3.05) is 40.3 Å². The summed E-state index contributed by atoms with van der Waals surface area (Å²) in [6.07, 6.45) is 3.57. The molecule has 0 aromatic carbocycles. The third-order valence-electron chi connectivity index (χ3n) is 5.11. The van der Waals surface area contributed by atoms with E-state index in [2.05, 4.69) is 27.7 Å². The van der Waals surface area contributed by atoms with Crippen molar-refractivity contribution in [3.63, 3.8) is 0 Å². The van der Waals surface area contributed by atoms with E-state index in [-0.39, 0.29) is 11.4 Å². The normalized spacial score (nSPS) is 27.7. The van der Waals surface area contributed by atoms with Gasteiger partial charge in [0, 0.05) is 57.2 Å². The number of hydrogen-bond acceptors (Lipinski definition) is 4. The first-order chi connectivity index (χ1) is 11.1. The Bertz CT molecular complexity index is 520. The summed E-state index contributed by atoms with van der Waals surface area (Å²) in [6.45, 7) is 4.81. The van der Waals surface area contributed by atoms with Gasteiger partial charge in [-0.1, -0.05) is 6.07 Å². The Morgan fingerprint density at radius 3 is 3.17 bits per heavy atom. The smallest absolute Gasteiger partial charge is 0.316 e. The van der Waals surface area contributed by atoms with E-state index in [9.17, 15) is 4.79 Å². The highest BCUT2D eigenvalue weighted by atomic mass is 32.1. The first-order valence-corrected chi connectivity index (χ1v) is 9.28. The van der Waals surface area contributed by atoms with Gasteiger partial charge in [0.15, 0.2) is 0 Å². The maximum atomic E-state index is 11.7. The van der Waals surface area contributed by atoms with Gasteiger partial charge in [-0.2, -0.15) is 0 Å². The van der Waals surface area contributed by atoms with Crippen molar-refractivity contribution in [2.24, 2.45) is 5.41 Å². The maximum absolute atomic E-state index is 11.7. The van der Waals surface area contributed by atoms with Crippen LogP contribution >= 0.6 is 11.3 Å². The molecule has 6 heteroatoms. The number of piperidine rings is 1. The lowest BCUT2D eigenvalue weighted by Crippen LogP contribution is -2.50. The molecule has 1 aromatic heterocycles. The minimum absolute atomic E-state index is 0.0110. The molecule has 0 radical (unpaired) electrons.